The molecule has 0 amide bonds. The zero-order chi connectivity index (χ0) is 12.4. The Hall–Kier alpha value is -1.32. The first-order valence-electron chi connectivity index (χ1n) is 6.43. The molecule has 17 heavy (non-hydrogen) atoms. The highest BCUT2D eigenvalue weighted by molar-refractivity contribution is 5.48. The molecule has 1 saturated carbocycles. The summed E-state index contributed by atoms with van der Waals surface area (Å²) in [4.78, 5) is 9.03. The summed E-state index contributed by atoms with van der Waals surface area (Å²) in [6, 6.07) is 2.49. The minimum Gasteiger partial charge on any atom is -0.373 e. The summed E-state index contributed by atoms with van der Waals surface area (Å²) in [5.41, 5.74) is 0. The molecule has 0 spiro atoms. The second kappa shape index (κ2) is 4.90. The van der Waals surface area contributed by atoms with Gasteiger partial charge in [-0.15, -0.1) is 0 Å². The molecular weight excluding hydrogens is 212 g/mol. The lowest BCUT2D eigenvalue weighted by atomic mass is 10.2. The van der Waals surface area contributed by atoms with Gasteiger partial charge in [-0.1, -0.05) is 13.8 Å². The van der Waals surface area contributed by atoms with Crippen molar-refractivity contribution in [3.05, 3.63) is 11.9 Å². The maximum atomic E-state index is 4.57. The second-order valence-electron chi connectivity index (χ2n) is 5.17. The Kier molecular flexibility index (Phi) is 3.50. The smallest absolute Gasteiger partial charge is 0.135 e. The van der Waals surface area contributed by atoms with Gasteiger partial charge in [0.15, 0.2) is 0 Å². The highest BCUT2D eigenvalue weighted by Gasteiger charge is 2.28. The van der Waals surface area contributed by atoms with E-state index in [2.05, 4.69) is 41.4 Å². The molecule has 1 atom stereocenters. The molecule has 1 unspecified atom stereocenters. The van der Waals surface area contributed by atoms with Crippen molar-refractivity contribution in [1.29, 1.82) is 0 Å². The average molecular weight is 234 g/mol. The topological polar surface area (TPSA) is 49.8 Å². The summed E-state index contributed by atoms with van der Waals surface area (Å²) in [5, 5.41) is 6.57. The van der Waals surface area contributed by atoms with Crippen LogP contribution >= 0.6 is 0 Å². The van der Waals surface area contributed by atoms with Gasteiger partial charge in [0, 0.05) is 25.1 Å². The Morgan fingerprint density at radius 1 is 1.18 bits per heavy atom. The van der Waals surface area contributed by atoms with Crippen molar-refractivity contribution in [2.45, 2.75) is 45.6 Å². The van der Waals surface area contributed by atoms with Crippen LogP contribution in [-0.4, -0.2) is 23.1 Å². The summed E-state index contributed by atoms with van der Waals surface area (Å²) in [7, 11) is 1.89. The van der Waals surface area contributed by atoms with E-state index in [4.69, 9.17) is 0 Å². The lowest BCUT2D eigenvalue weighted by molar-refractivity contribution is 0.686. The normalized spacial score (nSPS) is 17.0. The first-order chi connectivity index (χ1) is 8.10. The molecule has 0 aliphatic heterocycles. The van der Waals surface area contributed by atoms with Crippen LogP contribution in [0.1, 0.15) is 45.4 Å². The van der Waals surface area contributed by atoms with Crippen molar-refractivity contribution in [3.63, 3.8) is 0 Å². The first kappa shape index (κ1) is 12.1. The molecule has 4 nitrogen and oxygen atoms in total. The van der Waals surface area contributed by atoms with Gasteiger partial charge in [0.1, 0.15) is 17.5 Å². The molecule has 1 aromatic rings. The van der Waals surface area contributed by atoms with Crippen molar-refractivity contribution < 1.29 is 0 Å². The van der Waals surface area contributed by atoms with Gasteiger partial charge in [0.2, 0.25) is 0 Å². The van der Waals surface area contributed by atoms with Crippen LogP contribution in [0.25, 0.3) is 0 Å². The van der Waals surface area contributed by atoms with Gasteiger partial charge < -0.3 is 10.6 Å². The predicted molar refractivity (Wildman–Crippen MR) is 71.5 cm³/mol. The SMILES string of the molecule is CNc1cc(NC(C)C2CC2)nc(C(C)C)n1. The first-order valence-corrected chi connectivity index (χ1v) is 6.43. The molecule has 2 N–H and O–H groups in total. The summed E-state index contributed by atoms with van der Waals surface area (Å²) in [6.07, 6.45) is 2.68. The zero-order valence-corrected chi connectivity index (χ0v) is 11.1. The van der Waals surface area contributed by atoms with Crippen LogP contribution in [0.15, 0.2) is 6.07 Å². The van der Waals surface area contributed by atoms with Gasteiger partial charge in [0.25, 0.3) is 0 Å². The van der Waals surface area contributed by atoms with E-state index >= 15 is 0 Å². The molecular formula is C13H22N4. The lowest BCUT2D eigenvalue weighted by Gasteiger charge is -2.16. The Labute approximate surface area is 103 Å². The molecule has 0 aromatic carbocycles. The van der Waals surface area contributed by atoms with Crippen LogP contribution in [0.4, 0.5) is 11.6 Å². The molecule has 94 valence electrons. The van der Waals surface area contributed by atoms with Crippen molar-refractivity contribution in [3.8, 4) is 0 Å². The molecule has 0 bridgehead atoms. The minimum absolute atomic E-state index is 0.347. The molecule has 1 aliphatic carbocycles. The molecule has 1 heterocycles. The molecule has 1 aromatic heterocycles. The molecule has 4 heteroatoms. The van der Waals surface area contributed by atoms with E-state index in [-0.39, 0.29) is 0 Å². The number of hydrogen-bond acceptors (Lipinski definition) is 4. The van der Waals surface area contributed by atoms with Crippen molar-refractivity contribution in [1.82, 2.24) is 9.97 Å². The van der Waals surface area contributed by atoms with E-state index in [1.165, 1.54) is 12.8 Å². The standard InChI is InChI=1S/C13H22N4/c1-8(2)13-16-11(14-4)7-12(17-13)15-9(3)10-5-6-10/h7-10H,5-6H2,1-4H3,(H2,14,15,16,17). The van der Waals surface area contributed by atoms with Crippen LogP contribution in [0.3, 0.4) is 0 Å². The van der Waals surface area contributed by atoms with E-state index in [1.54, 1.807) is 0 Å². The van der Waals surface area contributed by atoms with E-state index < -0.39 is 0 Å². The summed E-state index contributed by atoms with van der Waals surface area (Å²) in [6.45, 7) is 6.46. The number of nitrogens with zero attached hydrogens (tertiary/aromatic N) is 2. The van der Waals surface area contributed by atoms with Gasteiger partial charge in [-0.3, -0.25) is 0 Å². The monoisotopic (exact) mass is 234 g/mol. The molecule has 1 fully saturated rings. The maximum absolute atomic E-state index is 4.57. The highest BCUT2D eigenvalue weighted by atomic mass is 15.1. The van der Waals surface area contributed by atoms with E-state index in [0.29, 0.717) is 12.0 Å². The van der Waals surface area contributed by atoms with Gasteiger partial charge >= 0.3 is 0 Å². The Balaban J connectivity index is 2.16. The van der Waals surface area contributed by atoms with Crippen molar-refractivity contribution in [2.75, 3.05) is 17.7 Å². The fourth-order valence-corrected chi connectivity index (χ4v) is 1.87. The van der Waals surface area contributed by atoms with E-state index in [9.17, 15) is 0 Å². The number of nitrogens with one attached hydrogen (secondary N) is 2. The predicted octanol–water partition coefficient (Wildman–Crippen LogP) is 2.85. The van der Waals surface area contributed by atoms with Gasteiger partial charge in [-0.05, 0) is 25.7 Å². The average Bonchev–Trinajstić information content (AvgIpc) is 3.12. The van der Waals surface area contributed by atoms with Gasteiger partial charge in [0.05, 0.1) is 0 Å². The number of aromatic nitrogens is 2. The fraction of sp³-hybridized carbons (Fsp3) is 0.692. The molecule has 1 aliphatic rings. The third-order valence-electron chi connectivity index (χ3n) is 3.22. The summed E-state index contributed by atoms with van der Waals surface area (Å²) < 4.78 is 0. The number of anilines is 2. The fourth-order valence-electron chi connectivity index (χ4n) is 1.87. The third-order valence-corrected chi connectivity index (χ3v) is 3.22. The third kappa shape index (κ3) is 3.08. The van der Waals surface area contributed by atoms with E-state index in [1.807, 2.05) is 13.1 Å². The highest BCUT2D eigenvalue weighted by Crippen LogP contribution is 2.34. The van der Waals surface area contributed by atoms with Crippen LogP contribution < -0.4 is 10.6 Å². The van der Waals surface area contributed by atoms with Gasteiger partial charge in [-0.2, -0.15) is 0 Å². The van der Waals surface area contributed by atoms with Crippen LogP contribution in [0.2, 0.25) is 0 Å². The summed E-state index contributed by atoms with van der Waals surface area (Å²) in [5.74, 6) is 3.88. The molecule has 2 rings (SSSR count). The molecule has 0 radical (unpaired) electrons. The van der Waals surface area contributed by atoms with Crippen molar-refractivity contribution >= 4 is 11.6 Å². The second-order valence-corrected chi connectivity index (χ2v) is 5.17. The molecule has 0 saturated heterocycles. The largest absolute Gasteiger partial charge is 0.373 e. The van der Waals surface area contributed by atoms with Crippen LogP contribution in [-0.2, 0) is 0 Å². The van der Waals surface area contributed by atoms with Crippen LogP contribution in [0.5, 0.6) is 0 Å². The maximum Gasteiger partial charge on any atom is 0.135 e. The lowest BCUT2D eigenvalue weighted by Crippen LogP contribution is -2.19. The Morgan fingerprint density at radius 3 is 2.35 bits per heavy atom. The minimum atomic E-state index is 0.347. The Morgan fingerprint density at radius 2 is 1.82 bits per heavy atom. The quantitative estimate of drug-likeness (QED) is 0.822. The van der Waals surface area contributed by atoms with E-state index in [0.717, 1.165) is 23.4 Å². The number of rotatable bonds is 5. The number of hydrogen-bond donors (Lipinski definition) is 2. The zero-order valence-electron chi connectivity index (χ0n) is 11.1. The Bertz CT molecular complexity index is 385. The summed E-state index contributed by atoms with van der Waals surface area (Å²) >= 11 is 0. The van der Waals surface area contributed by atoms with Crippen LogP contribution in [0, 0.1) is 5.92 Å². The van der Waals surface area contributed by atoms with Crippen molar-refractivity contribution in [2.24, 2.45) is 5.92 Å². The van der Waals surface area contributed by atoms with Gasteiger partial charge in [-0.25, -0.2) is 9.97 Å².